The number of fused-ring (bicyclic) bond motifs is 2. The molecule has 0 amide bonds. The Morgan fingerprint density at radius 3 is 3.05 bits per heavy atom. The monoisotopic (exact) mass is 298 g/mol. The van der Waals surface area contributed by atoms with Crippen LogP contribution in [0.1, 0.15) is 29.7 Å². The third-order valence-corrected chi connectivity index (χ3v) is 4.80. The van der Waals surface area contributed by atoms with Gasteiger partial charge in [0.25, 0.3) is 5.56 Å². The fourth-order valence-corrected chi connectivity index (χ4v) is 3.71. The molecule has 0 aliphatic heterocycles. The molecule has 0 bridgehead atoms. The summed E-state index contributed by atoms with van der Waals surface area (Å²) in [6.07, 6.45) is 11.0. The van der Waals surface area contributed by atoms with Crippen molar-refractivity contribution in [3.8, 4) is 0 Å². The number of hydrogen-bond acceptors (Lipinski definition) is 3. The van der Waals surface area contributed by atoms with Crippen molar-refractivity contribution in [1.29, 1.82) is 0 Å². The van der Waals surface area contributed by atoms with Gasteiger partial charge in [0.2, 0.25) is 0 Å². The molecule has 5 heteroatoms. The van der Waals surface area contributed by atoms with Crippen LogP contribution in [0.3, 0.4) is 0 Å². The van der Waals surface area contributed by atoms with Gasteiger partial charge in [0.05, 0.1) is 0 Å². The van der Waals surface area contributed by atoms with Crippen LogP contribution in [0.2, 0.25) is 0 Å². The Hall–Kier alpha value is -2.01. The van der Waals surface area contributed by atoms with Crippen molar-refractivity contribution in [3.63, 3.8) is 0 Å². The lowest BCUT2D eigenvalue weighted by atomic mass is 9.93. The molecule has 0 fully saturated rings. The molecule has 0 spiro atoms. The Kier molecular flexibility index (Phi) is 3.07. The van der Waals surface area contributed by atoms with E-state index in [2.05, 4.69) is 28.0 Å². The van der Waals surface area contributed by atoms with Crippen molar-refractivity contribution in [2.45, 2.75) is 32.2 Å². The molecule has 106 valence electrons. The first kappa shape index (κ1) is 12.7. The van der Waals surface area contributed by atoms with E-state index in [1.165, 1.54) is 41.7 Å². The van der Waals surface area contributed by atoms with Crippen LogP contribution in [0, 0.1) is 0 Å². The van der Waals surface area contributed by atoms with Crippen molar-refractivity contribution in [3.05, 3.63) is 63.3 Å². The minimum Gasteiger partial charge on any atom is -0.269 e. The number of aromatic nitrogens is 3. The highest BCUT2D eigenvalue weighted by Gasteiger charge is 2.14. The summed E-state index contributed by atoms with van der Waals surface area (Å²) in [5.74, 6) is 0. The normalized spacial score (nSPS) is 14.3. The molecule has 0 saturated carbocycles. The molecule has 0 radical (unpaired) electrons. The number of rotatable bonds is 2. The largest absolute Gasteiger partial charge is 0.269 e. The lowest BCUT2D eigenvalue weighted by Crippen LogP contribution is -2.36. The van der Waals surface area contributed by atoms with Gasteiger partial charge in [-0.2, -0.15) is 4.57 Å². The SMILES string of the molecule is O=c1cc(C[n+]2ccc3c(c2)CCCC3)nc2sccn12. The molecule has 21 heavy (non-hydrogen) atoms. The fraction of sp³-hybridized carbons (Fsp3) is 0.312. The van der Waals surface area contributed by atoms with Gasteiger partial charge in [-0.3, -0.25) is 9.20 Å². The second kappa shape index (κ2) is 5.07. The first-order valence-electron chi connectivity index (χ1n) is 7.26. The first-order chi connectivity index (χ1) is 10.3. The summed E-state index contributed by atoms with van der Waals surface area (Å²) in [5, 5.41) is 1.89. The predicted molar refractivity (Wildman–Crippen MR) is 81.7 cm³/mol. The standard InChI is InChI=1S/C16H16N3OS/c20-15-9-14(17-16-19(15)7-8-21-16)11-18-6-5-12-3-1-2-4-13(12)10-18/h5-10H,1-4,11H2/q+1. The lowest BCUT2D eigenvalue weighted by Gasteiger charge is -2.13. The maximum atomic E-state index is 12.0. The van der Waals surface area contributed by atoms with Crippen LogP contribution in [0.15, 0.2) is 40.9 Å². The quantitative estimate of drug-likeness (QED) is 0.679. The van der Waals surface area contributed by atoms with E-state index in [0.29, 0.717) is 6.54 Å². The van der Waals surface area contributed by atoms with Gasteiger partial charge in [-0.25, -0.2) is 4.98 Å². The van der Waals surface area contributed by atoms with Gasteiger partial charge in [-0.05, 0) is 31.2 Å². The van der Waals surface area contributed by atoms with Gasteiger partial charge in [-0.15, -0.1) is 11.3 Å². The highest BCUT2D eigenvalue weighted by Crippen LogP contribution is 2.18. The summed E-state index contributed by atoms with van der Waals surface area (Å²) in [6.45, 7) is 0.650. The zero-order valence-corrected chi connectivity index (χ0v) is 12.5. The minimum absolute atomic E-state index is 0.00481. The van der Waals surface area contributed by atoms with E-state index in [-0.39, 0.29) is 5.56 Å². The smallest absolute Gasteiger partial charge is 0.258 e. The summed E-state index contributed by atoms with van der Waals surface area (Å²) < 4.78 is 3.72. The number of aryl methyl sites for hydroxylation is 2. The van der Waals surface area contributed by atoms with Gasteiger partial charge < -0.3 is 0 Å². The topological polar surface area (TPSA) is 38.2 Å². The second-order valence-electron chi connectivity index (χ2n) is 5.52. The van der Waals surface area contributed by atoms with Crippen LogP contribution in [-0.2, 0) is 19.4 Å². The highest BCUT2D eigenvalue weighted by molar-refractivity contribution is 7.15. The van der Waals surface area contributed by atoms with E-state index >= 15 is 0 Å². The zero-order valence-electron chi connectivity index (χ0n) is 11.7. The van der Waals surface area contributed by atoms with Crippen molar-refractivity contribution >= 4 is 16.3 Å². The third-order valence-electron chi connectivity index (χ3n) is 4.04. The van der Waals surface area contributed by atoms with Crippen LogP contribution in [0.4, 0.5) is 0 Å². The Bertz CT molecular complexity index is 865. The molecule has 0 saturated heterocycles. The molecule has 0 unspecified atom stereocenters. The van der Waals surface area contributed by atoms with Crippen LogP contribution in [-0.4, -0.2) is 9.38 Å². The molecule has 1 aliphatic carbocycles. The van der Waals surface area contributed by atoms with E-state index < -0.39 is 0 Å². The van der Waals surface area contributed by atoms with Crippen molar-refractivity contribution < 1.29 is 4.57 Å². The minimum atomic E-state index is -0.00481. The van der Waals surface area contributed by atoms with Crippen molar-refractivity contribution in [1.82, 2.24) is 9.38 Å². The van der Waals surface area contributed by atoms with Crippen molar-refractivity contribution in [2.24, 2.45) is 0 Å². The molecule has 0 aromatic carbocycles. The summed E-state index contributed by atoms with van der Waals surface area (Å²) in [5.41, 5.74) is 3.73. The van der Waals surface area contributed by atoms with Gasteiger partial charge in [0.1, 0.15) is 5.69 Å². The molecule has 3 heterocycles. The molecule has 4 rings (SSSR count). The molecular weight excluding hydrogens is 282 g/mol. The third kappa shape index (κ3) is 2.38. The van der Waals surface area contributed by atoms with Crippen molar-refractivity contribution in [2.75, 3.05) is 0 Å². The fourth-order valence-electron chi connectivity index (χ4n) is 2.97. The lowest BCUT2D eigenvalue weighted by molar-refractivity contribution is -0.689. The number of pyridine rings is 1. The average Bonchev–Trinajstić information content (AvgIpc) is 2.96. The Balaban J connectivity index is 1.69. The summed E-state index contributed by atoms with van der Waals surface area (Å²) in [7, 11) is 0. The first-order valence-corrected chi connectivity index (χ1v) is 8.14. The maximum absolute atomic E-state index is 12.0. The number of hydrogen-bond donors (Lipinski definition) is 0. The zero-order chi connectivity index (χ0) is 14.2. The van der Waals surface area contributed by atoms with E-state index in [9.17, 15) is 4.79 Å². The Labute approximate surface area is 126 Å². The van der Waals surface area contributed by atoms with Crippen LogP contribution >= 0.6 is 11.3 Å². The molecule has 0 N–H and O–H groups in total. The molecule has 4 nitrogen and oxygen atoms in total. The summed E-state index contributed by atoms with van der Waals surface area (Å²) in [4.78, 5) is 17.3. The number of thiazole rings is 1. The molecule has 0 atom stereocenters. The highest BCUT2D eigenvalue weighted by atomic mass is 32.1. The van der Waals surface area contributed by atoms with Gasteiger partial charge in [0.15, 0.2) is 23.9 Å². The predicted octanol–water partition coefficient (Wildman–Crippen LogP) is 1.97. The number of nitrogens with zero attached hydrogens (tertiary/aromatic N) is 3. The Morgan fingerprint density at radius 1 is 1.29 bits per heavy atom. The summed E-state index contributed by atoms with van der Waals surface area (Å²) in [6, 6.07) is 3.84. The van der Waals surface area contributed by atoms with Gasteiger partial charge in [-0.1, -0.05) is 0 Å². The summed E-state index contributed by atoms with van der Waals surface area (Å²) >= 11 is 1.49. The molecule has 3 aromatic heterocycles. The molecule has 1 aliphatic rings. The Morgan fingerprint density at radius 2 is 2.14 bits per heavy atom. The van der Waals surface area contributed by atoms with E-state index in [4.69, 9.17) is 0 Å². The average molecular weight is 298 g/mol. The second-order valence-corrected chi connectivity index (χ2v) is 6.39. The van der Waals surface area contributed by atoms with E-state index in [1.807, 2.05) is 5.38 Å². The van der Waals surface area contributed by atoms with E-state index in [1.54, 1.807) is 16.7 Å². The molecule has 3 aromatic rings. The van der Waals surface area contributed by atoms with Crippen LogP contribution < -0.4 is 10.1 Å². The van der Waals surface area contributed by atoms with Crippen LogP contribution in [0.5, 0.6) is 0 Å². The van der Waals surface area contributed by atoms with E-state index in [0.717, 1.165) is 17.1 Å². The van der Waals surface area contributed by atoms with Crippen LogP contribution in [0.25, 0.3) is 4.96 Å². The van der Waals surface area contributed by atoms with Gasteiger partial charge in [0, 0.05) is 29.3 Å². The molecular formula is C16H16N3OS+. The van der Waals surface area contributed by atoms with Gasteiger partial charge >= 0.3 is 0 Å². The maximum Gasteiger partial charge on any atom is 0.258 e.